The number of alkyl halides is 3. The Morgan fingerprint density at radius 2 is 1.61 bits per heavy atom. The van der Waals surface area contributed by atoms with E-state index in [1.54, 1.807) is 0 Å². The lowest BCUT2D eigenvalue weighted by Gasteiger charge is -2.08. The number of hydrogen-bond acceptors (Lipinski definition) is 3. The normalized spacial score (nSPS) is 13.4. The second-order valence-electron chi connectivity index (χ2n) is 2.86. The van der Waals surface area contributed by atoms with Crippen molar-refractivity contribution in [1.82, 2.24) is 0 Å². The molecule has 0 radical (unpaired) electrons. The van der Waals surface area contributed by atoms with E-state index in [-0.39, 0.29) is 12.1 Å². The van der Waals surface area contributed by atoms with Crippen LogP contribution in [0.5, 0.6) is 5.75 Å². The first-order valence-electron chi connectivity index (χ1n) is 4.13. The maximum atomic E-state index is 12.9. The molecule has 102 valence electrons. The summed E-state index contributed by atoms with van der Waals surface area (Å²) in [5, 5.41) is 0. The Labute approximate surface area is 99.2 Å². The fourth-order valence-electron chi connectivity index (χ4n) is 0.816. The maximum absolute atomic E-state index is 12.9. The Balaban J connectivity index is 2.71. The quantitative estimate of drug-likeness (QED) is 0.801. The molecule has 1 aromatic rings. The molecule has 0 aliphatic rings. The van der Waals surface area contributed by atoms with Crippen LogP contribution < -0.4 is 4.18 Å². The van der Waals surface area contributed by atoms with Gasteiger partial charge < -0.3 is 4.18 Å². The van der Waals surface area contributed by atoms with Crippen LogP contribution in [-0.4, -0.2) is 17.0 Å². The van der Waals surface area contributed by atoms with Crippen molar-refractivity contribution >= 4 is 11.4 Å². The molecule has 0 N–H and O–H groups in total. The molecule has 1 atom stereocenters. The third-order valence-corrected chi connectivity index (χ3v) is 2.05. The molecular weight excluding hydrogens is 290 g/mol. The Kier molecular flexibility index (Phi) is 4.57. The molecule has 1 rings (SSSR count). The lowest BCUT2D eigenvalue weighted by molar-refractivity contribution is -0.152. The molecule has 1 unspecified atom stereocenters. The summed E-state index contributed by atoms with van der Waals surface area (Å²) in [6.07, 6.45) is -4.78. The lowest BCUT2D eigenvalue weighted by Crippen LogP contribution is -2.20. The van der Waals surface area contributed by atoms with Crippen molar-refractivity contribution < 1.29 is 38.9 Å². The van der Waals surface area contributed by atoms with Gasteiger partial charge in [0.2, 0.25) is 5.75 Å². The fourth-order valence-corrected chi connectivity index (χ4v) is 1.39. The summed E-state index contributed by atoms with van der Waals surface area (Å²) in [7, 11) is 0. The minimum absolute atomic E-state index is 0.208. The van der Waals surface area contributed by atoms with Crippen LogP contribution in [0.25, 0.3) is 0 Å². The van der Waals surface area contributed by atoms with E-state index < -0.39 is 47.3 Å². The van der Waals surface area contributed by atoms with Gasteiger partial charge in [-0.05, 0) is 0 Å². The van der Waals surface area contributed by atoms with E-state index in [9.17, 15) is 30.6 Å². The molecule has 0 aliphatic carbocycles. The summed E-state index contributed by atoms with van der Waals surface area (Å²) in [4.78, 5) is 0. The van der Waals surface area contributed by atoms with Crippen molar-refractivity contribution in [2.45, 2.75) is 6.18 Å². The first-order chi connectivity index (χ1) is 8.19. The van der Waals surface area contributed by atoms with Crippen molar-refractivity contribution in [3.8, 4) is 5.75 Å². The van der Waals surface area contributed by atoms with Crippen LogP contribution in [0.3, 0.4) is 0 Å². The monoisotopic (exact) mass is 294 g/mol. The van der Waals surface area contributed by atoms with Gasteiger partial charge in [-0.1, -0.05) is 0 Å². The first kappa shape index (κ1) is 14.8. The summed E-state index contributed by atoms with van der Waals surface area (Å²) in [6, 6.07) is 0.415. The molecule has 0 bridgehead atoms. The zero-order valence-corrected chi connectivity index (χ0v) is 9.08. The minimum atomic E-state index is -4.78. The van der Waals surface area contributed by atoms with Crippen molar-refractivity contribution in [3.63, 3.8) is 0 Å². The average molecular weight is 294 g/mol. The van der Waals surface area contributed by atoms with Gasteiger partial charge in [-0.2, -0.15) is 17.4 Å². The van der Waals surface area contributed by atoms with Crippen LogP contribution in [0.2, 0.25) is 0 Å². The molecule has 3 nitrogen and oxygen atoms in total. The summed E-state index contributed by atoms with van der Waals surface area (Å²) >= 11 is -3.07. The molecule has 0 saturated heterocycles. The molecule has 0 amide bonds. The average Bonchev–Trinajstić information content (AvgIpc) is 2.19. The van der Waals surface area contributed by atoms with E-state index in [2.05, 4.69) is 8.37 Å². The van der Waals surface area contributed by atoms with E-state index in [4.69, 9.17) is 0 Å². The SMILES string of the molecule is O=S(OCC(F)(F)F)Oc1c(F)cc(F)cc1F. The van der Waals surface area contributed by atoms with Crippen molar-refractivity contribution in [2.75, 3.05) is 6.61 Å². The number of hydrogen-bond donors (Lipinski definition) is 0. The summed E-state index contributed by atoms with van der Waals surface area (Å²) in [6.45, 7) is -1.93. The largest absolute Gasteiger partial charge is 0.413 e. The first-order valence-corrected chi connectivity index (χ1v) is 5.13. The van der Waals surface area contributed by atoms with Gasteiger partial charge in [-0.3, -0.25) is 0 Å². The van der Waals surface area contributed by atoms with Crippen molar-refractivity contribution in [3.05, 3.63) is 29.6 Å². The van der Waals surface area contributed by atoms with Gasteiger partial charge in [0.1, 0.15) is 5.82 Å². The summed E-state index contributed by atoms with van der Waals surface area (Å²) in [5.74, 6) is -5.68. The van der Waals surface area contributed by atoms with Crippen LogP contribution >= 0.6 is 0 Å². The van der Waals surface area contributed by atoms with Gasteiger partial charge in [0.15, 0.2) is 18.2 Å². The van der Waals surface area contributed by atoms with Gasteiger partial charge in [0, 0.05) is 12.1 Å². The smallest absolute Gasteiger partial charge is 0.374 e. The Hall–Kier alpha value is -1.29. The Morgan fingerprint density at radius 3 is 2.06 bits per heavy atom. The highest BCUT2D eigenvalue weighted by Crippen LogP contribution is 2.24. The lowest BCUT2D eigenvalue weighted by atomic mass is 10.3. The zero-order valence-electron chi connectivity index (χ0n) is 8.26. The molecule has 0 aromatic heterocycles. The molecule has 10 heteroatoms. The molecule has 0 spiro atoms. The maximum Gasteiger partial charge on any atom is 0.413 e. The zero-order chi connectivity index (χ0) is 13.9. The van der Waals surface area contributed by atoms with Gasteiger partial charge in [-0.25, -0.2) is 17.4 Å². The topological polar surface area (TPSA) is 35.5 Å². The highest BCUT2D eigenvalue weighted by Gasteiger charge is 2.30. The Morgan fingerprint density at radius 1 is 1.11 bits per heavy atom. The van der Waals surface area contributed by atoms with Gasteiger partial charge in [-0.15, -0.1) is 0 Å². The predicted octanol–water partition coefficient (Wildman–Crippen LogP) is 2.64. The molecule has 0 fully saturated rings. The van der Waals surface area contributed by atoms with Crippen LogP contribution in [0, 0.1) is 17.5 Å². The van der Waals surface area contributed by atoms with E-state index in [0.29, 0.717) is 0 Å². The Bertz CT molecular complexity index is 438. The predicted molar refractivity (Wildman–Crippen MR) is 47.1 cm³/mol. The minimum Gasteiger partial charge on any atom is -0.374 e. The van der Waals surface area contributed by atoms with E-state index >= 15 is 0 Å². The van der Waals surface area contributed by atoms with E-state index in [0.717, 1.165) is 0 Å². The van der Waals surface area contributed by atoms with Gasteiger partial charge in [0.05, 0.1) is 0 Å². The van der Waals surface area contributed by atoms with E-state index in [1.165, 1.54) is 0 Å². The standard InChI is InChI=1S/C8H4F6O3S/c9-4-1-5(10)7(6(11)2-4)17-18(15)16-3-8(12,13)14/h1-2H,3H2. The van der Waals surface area contributed by atoms with Crippen LogP contribution in [0.4, 0.5) is 26.3 Å². The molecule has 0 saturated carbocycles. The third-order valence-electron chi connectivity index (χ3n) is 1.43. The van der Waals surface area contributed by atoms with Crippen molar-refractivity contribution in [2.24, 2.45) is 0 Å². The van der Waals surface area contributed by atoms with Crippen LogP contribution in [-0.2, 0) is 15.5 Å². The van der Waals surface area contributed by atoms with Crippen molar-refractivity contribution in [1.29, 1.82) is 0 Å². The third kappa shape index (κ3) is 4.53. The summed E-state index contributed by atoms with van der Waals surface area (Å²) in [5.41, 5.74) is 0. The highest BCUT2D eigenvalue weighted by molar-refractivity contribution is 7.75. The van der Waals surface area contributed by atoms with Crippen LogP contribution in [0.15, 0.2) is 12.1 Å². The van der Waals surface area contributed by atoms with Gasteiger partial charge in [0.25, 0.3) is 0 Å². The molecule has 18 heavy (non-hydrogen) atoms. The molecular formula is C8H4F6O3S. The second-order valence-corrected chi connectivity index (χ2v) is 3.67. The highest BCUT2D eigenvalue weighted by atomic mass is 32.2. The molecule has 0 heterocycles. The van der Waals surface area contributed by atoms with E-state index in [1.807, 2.05) is 0 Å². The fraction of sp³-hybridized carbons (Fsp3) is 0.250. The molecule has 0 aliphatic heterocycles. The second kappa shape index (κ2) is 5.57. The molecule has 1 aromatic carbocycles. The number of halogens is 6. The van der Waals surface area contributed by atoms with Gasteiger partial charge >= 0.3 is 17.5 Å². The number of rotatable bonds is 4. The summed E-state index contributed by atoms with van der Waals surface area (Å²) < 4.78 is 91.7. The van der Waals surface area contributed by atoms with Crippen LogP contribution in [0.1, 0.15) is 0 Å². The number of benzene rings is 1.